The number of fused-ring (bicyclic) bond motifs is 1. The van der Waals surface area contributed by atoms with Gasteiger partial charge in [-0.3, -0.25) is 4.98 Å². The van der Waals surface area contributed by atoms with Crippen LogP contribution in [0.3, 0.4) is 0 Å². The van der Waals surface area contributed by atoms with E-state index in [0.29, 0.717) is 24.3 Å². The minimum absolute atomic E-state index is 0.0869. The van der Waals surface area contributed by atoms with Crippen LogP contribution in [0.2, 0.25) is 0 Å². The van der Waals surface area contributed by atoms with Crippen molar-refractivity contribution in [3.05, 3.63) is 83.8 Å². The van der Waals surface area contributed by atoms with E-state index >= 15 is 0 Å². The number of ether oxygens (including phenoxy) is 2. The number of aryl methyl sites for hydroxylation is 1. The van der Waals surface area contributed by atoms with Gasteiger partial charge in [-0.15, -0.1) is 13.2 Å². The van der Waals surface area contributed by atoms with Crippen molar-refractivity contribution in [2.45, 2.75) is 26.4 Å². The monoisotopic (exact) mass is 428 g/mol. The largest absolute Gasteiger partial charge is 0.573 e. The molecule has 2 aromatic carbocycles. The second-order valence-electron chi connectivity index (χ2n) is 7.12. The predicted molar refractivity (Wildman–Crippen MR) is 109 cm³/mol. The maximum absolute atomic E-state index is 12.3. The van der Waals surface area contributed by atoms with Crippen LogP contribution in [0.4, 0.5) is 13.2 Å². The summed E-state index contributed by atoms with van der Waals surface area (Å²) in [5.41, 5.74) is 2.57. The van der Waals surface area contributed by atoms with Gasteiger partial charge >= 0.3 is 6.36 Å². The summed E-state index contributed by atoms with van der Waals surface area (Å²) in [5.74, 6) is 0.474. The standard InChI is InChI=1S/C23H19F3N2O3/c1-15-10-20(30-14-17-6-8-27-9-7-17)11-18-13-28(22(29)21(15)18)12-16-2-4-19(5-3-16)31-23(24,25)26/h2-11,13,29H,12,14H2,1H3. The van der Waals surface area contributed by atoms with Crippen LogP contribution in [0.15, 0.2) is 67.1 Å². The minimum atomic E-state index is -4.73. The van der Waals surface area contributed by atoms with E-state index in [1.807, 2.05) is 31.2 Å². The summed E-state index contributed by atoms with van der Waals surface area (Å²) in [5, 5.41) is 12.2. The first-order valence-corrected chi connectivity index (χ1v) is 9.47. The van der Waals surface area contributed by atoms with Crippen molar-refractivity contribution in [1.82, 2.24) is 9.55 Å². The van der Waals surface area contributed by atoms with Gasteiger partial charge in [0.2, 0.25) is 0 Å². The summed E-state index contributed by atoms with van der Waals surface area (Å²) in [7, 11) is 0. The zero-order valence-corrected chi connectivity index (χ0v) is 16.6. The fraction of sp³-hybridized carbons (Fsp3) is 0.174. The van der Waals surface area contributed by atoms with Gasteiger partial charge in [0.1, 0.15) is 18.1 Å². The summed E-state index contributed by atoms with van der Waals surface area (Å²) < 4.78 is 48.3. The Morgan fingerprint density at radius 2 is 1.68 bits per heavy atom. The van der Waals surface area contributed by atoms with Crippen LogP contribution in [0.5, 0.6) is 17.4 Å². The molecule has 0 atom stereocenters. The summed E-state index contributed by atoms with van der Waals surface area (Å²) in [6.07, 6.45) is 0.462. The lowest BCUT2D eigenvalue weighted by molar-refractivity contribution is -0.274. The van der Waals surface area contributed by atoms with Crippen LogP contribution in [-0.2, 0) is 13.2 Å². The molecule has 0 aliphatic rings. The first-order chi connectivity index (χ1) is 14.8. The van der Waals surface area contributed by atoms with Crippen molar-refractivity contribution in [3.8, 4) is 17.4 Å². The number of hydrogen-bond acceptors (Lipinski definition) is 4. The fourth-order valence-electron chi connectivity index (χ4n) is 3.40. The predicted octanol–water partition coefficient (Wildman–Crippen LogP) is 5.58. The molecule has 0 fully saturated rings. The number of halogens is 3. The third-order valence-corrected chi connectivity index (χ3v) is 4.79. The Morgan fingerprint density at radius 1 is 0.968 bits per heavy atom. The quantitative estimate of drug-likeness (QED) is 0.436. The van der Waals surface area contributed by atoms with E-state index in [4.69, 9.17) is 4.74 Å². The zero-order valence-electron chi connectivity index (χ0n) is 16.6. The number of rotatable bonds is 6. The topological polar surface area (TPSA) is 56.5 Å². The van der Waals surface area contributed by atoms with Crippen molar-refractivity contribution in [2.24, 2.45) is 0 Å². The maximum atomic E-state index is 12.3. The highest BCUT2D eigenvalue weighted by Gasteiger charge is 2.30. The minimum Gasteiger partial charge on any atom is -0.494 e. The van der Waals surface area contributed by atoms with Gasteiger partial charge in [0.25, 0.3) is 0 Å². The van der Waals surface area contributed by atoms with Gasteiger partial charge in [-0.1, -0.05) is 12.1 Å². The molecule has 2 aromatic heterocycles. The highest BCUT2D eigenvalue weighted by Crippen LogP contribution is 2.34. The lowest BCUT2D eigenvalue weighted by Crippen LogP contribution is -2.17. The normalized spacial score (nSPS) is 11.6. The number of nitrogens with zero attached hydrogens (tertiary/aromatic N) is 2. The van der Waals surface area contributed by atoms with Crippen molar-refractivity contribution in [2.75, 3.05) is 0 Å². The van der Waals surface area contributed by atoms with E-state index in [2.05, 4.69) is 9.72 Å². The van der Waals surface area contributed by atoms with Gasteiger partial charge in [0, 0.05) is 29.4 Å². The number of aromatic hydroxyl groups is 1. The molecule has 0 saturated heterocycles. The van der Waals surface area contributed by atoms with Crippen LogP contribution in [0.25, 0.3) is 10.8 Å². The van der Waals surface area contributed by atoms with E-state index in [1.54, 1.807) is 23.2 Å². The number of benzene rings is 2. The van der Waals surface area contributed by atoms with Gasteiger partial charge in [-0.25, -0.2) is 0 Å². The van der Waals surface area contributed by atoms with Crippen molar-refractivity contribution >= 4 is 10.8 Å². The molecular weight excluding hydrogens is 409 g/mol. The number of aromatic nitrogens is 2. The molecule has 0 aliphatic carbocycles. The highest BCUT2D eigenvalue weighted by molar-refractivity contribution is 5.92. The van der Waals surface area contributed by atoms with Gasteiger partial charge in [0.15, 0.2) is 5.88 Å². The second-order valence-corrected chi connectivity index (χ2v) is 7.12. The Hall–Kier alpha value is -3.68. The third kappa shape index (κ3) is 4.91. The number of hydrogen-bond donors (Lipinski definition) is 1. The summed E-state index contributed by atoms with van der Waals surface area (Å²) in [6.45, 7) is 2.57. The van der Waals surface area contributed by atoms with Gasteiger partial charge in [0.05, 0.1) is 6.54 Å². The molecule has 0 radical (unpaired) electrons. The Kier molecular flexibility index (Phi) is 5.46. The first-order valence-electron chi connectivity index (χ1n) is 9.47. The molecule has 0 bridgehead atoms. The SMILES string of the molecule is Cc1cc(OCc2ccncc2)cc2cn(Cc3ccc(OC(F)(F)F)cc3)c(O)c12. The van der Waals surface area contributed by atoms with Crippen LogP contribution >= 0.6 is 0 Å². The molecule has 1 N–H and O–H groups in total. The van der Waals surface area contributed by atoms with Gasteiger partial charge in [-0.05, 0) is 60.0 Å². The number of alkyl halides is 3. The molecule has 31 heavy (non-hydrogen) atoms. The van der Waals surface area contributed by atoms with E-state index in [-0.39, 0.29) is 11.6 Å². The van der Waals surface area contributed by atoms with E-state index in [1.165, 1.54) is 24.3 Å². The number of pyridine rings is 1. The van der Waals surface area contributed by atoms with Crippen LogP contribution in [0, 0.1) is 6.92 Å². The summed E-state index contributed by atoms with van der Waals surface area (Å²) in [6, 6.07) is 13.0. The molecule has 0 amide bonds. The molecule has 8 heteroatoms. The van der Waals surface area contributed by atoms with Crippen LogP contribution < -0.4 is 9.47 Å². The van der Waals surface area contributed by atoms with Crippen LogP contribution in [-0.4, -0.2) is 21.0 Å². The van der Waals surface area contributed by atoms with Crippen molar-refractivity contribution in [3.63, 3.8) is 0 Å². The summed E-state index contributed by atoms with van der Waals surface area (Å²) in [4.78, 5) is 3.98. The Bertz CT molecular complexity index is 1190. The van der Waals surface area contributed by atoms with E-state index < -0.39 is 6.36 Å². The molecule has 0 saturated carbocycles. The van der Waals surface area contributed by atoms with Crippen molar-refractivity contribution < 1.29 is 27.8 Å². The third-order valence-electron chi connectivity index (χ3n) is 4.79. The Labute approximate surface area is 176 Å². The molecule has 4 rings (SSSR count). The molecule has 2 heterocycles. The smallest absolute Gasteiger partial charge is 0.494 e. The molecule has 5 nitrogen and oxygen atoms in total. The summed E-state index contributed by atoms with van der Waals surface area (Å²) >= 11 is 0. The molecule has 4 aromatic rings. The Morgan fingerprint density at radius 3 is 2.35 bits per heavy atom. The fourth-order valence-corrected chi connectivity index (χ4v) is 3.40. The molecule has 0 aliphatic heterocycles. The molecule has 160 valence electrons. The second kappa shape index (κ2) is 8.22. The molecular formula is C23H19F3N2O3. The average Bonchev–Trinajstić information content (AvgIpc) is 3.03. The van der Waals surface area contributed by atoms with Crippen LogP contribution in [0.1, 0.15) is 16.7 Å². The lowest BCUT2D eigenvalue weighted by Gasteiger charge is -2.10. The Balaban J connectivity index is 1.53. The maximum Gasteiger partial charge on any atom is 0.573 e. The van der Waals surface area contributed by atoms with E-state index in [0.717, 1.165) is 22.1 Å². The zero-order chi connectivity index (χ0) is 22.0. The van der Waals surface area contributed by atoms with Crippen molar-refractivity contribution in [1.29, 1.82) is 0 Å². The van der Waals surface area contributed by atoms with Gasteiger partial charge in [-0.2, -0.15) is 0 Å². The molecule has 0 unspecified atom stereocenters. The van der Waals surface area contributed by atoms with E-state index in [9.17, 15) is 18.3 Å². The first kappa shape index (κ1) is 20.6. The average molecular weight is 428 g/mol. The highest BCUT2D eigenvalue weighted by atomic mass is 19.4. The molecule has 0 spiro atoms. The van der Waals surface area contributed by atoms with Gasteiger partial charge < -0.3 is 19.1 Å². The lowest BCUT2D eigenvalue weighted by atomic mass is 10.1.